The van der Waals surface area contributed by atoms with E-state index in [2.05, 4.69) is 15.3 Å². The Morgan fingerprint density at radius 3 is 2.85 bits per heavy atom. The Kier molecular flexibility index (Phi) is 4.64. The van der Waals surface area contributed by atoms with Crippen molar-refractivity contribution in [3.63, 3.8) is 0 Å². The van der Waals surface area contributed by atoms with Gasteiger partial charge in [0, 0.05) is 44.8 Å². The van der Waals surface area contributed by atoms with Crippen molar-refractivity contribution in [1.29, 1.82) is 0 Å². The van der Waals surface area contributed by atoms with Crippen LogP contribution in [0, 0.1) is 5.92 Å². The van der Waals surface area contributed by atoms with E-state index in [-0.39, 0.29) is 10.5 Å². The van der Waals surface area contributed by atoms with E-state index < -0.39 is 10.0 Å². The Labute approximate surface area is 153 Å². The van der Waals surface area contributed by atoms with Gasteiger partial charge >= 0.3 is 0 Å². The minimum absolute atomic E-state index is 0.237. The second-order valence-electron chi connectivity index (χ2n) is 6.79. The monoisotopic (exact) mass is 374 g/mol. The number of aromatic nitrogens is 2. The average Bonchev–Trinajstić information content (AvgIpc) is 3.06. The van der Waals surface area contributed by atoms with Crippen molar-refractivity contribution in [3.05, 3.63) is 48.9 Å². The predicted molar refractivity (Wildman–Crippen MR) is 97.1 cm³/mol. The molecule has 26 heavy (non-hydrogen) atoms. The van der Waals surface area contributed by atoms with E-state index >= 15 is 0 Å². The molecular formula is C18H22N4O3S. The van der Waals surface area contributed by atoms with E-state index in [4.69, 9.17) is 4.74 Å². The Hall–Kier alpha value is -2.03. The van der Waals surface area contributed by atoms with Gasteiger partial charge in [-0.05, 0) is 43.0 Å². The minimum Gasteiger partial charge on any atom is -0.372 e. The fraction of sp³-hybridized carbons (Fsp3) is 0.444. The number of hydrogen-bond acceptors (Lipinski definition) is 6. The van der Waals surface area contributed by atoms with Crippen LogP contribution in [-0.2, 0) is 14.8 Å². The lowest BCUT2D eigenvalue weighted by Gasteiger charge is -2.49. The fourth-order valence-electron chi connectivity index (χ4n) is 3.75. The average molecular weight is 374 g/mol. The van der Waals surface area contributed by atoms with E-state index in [1.807, 2.05) is 18.2 Å². The summed E-state index contributed by atoms with van der Waals surface area (Å²) >= 11 is 0. The molecule has 2 fully saturated rings. The molecule has 0 radical (unpaired) electrons. The van der Waals surface area contributed by atoms with Gasteiger partial charge in [-0.25, -0.2) is 13.4 Å². The smallest absolute Gasteiger partial charge is 0.244 e. The van der Waals surface area contributed by atoms with Crippen LogP contribution in [0.5, 0.6) is 0 Å². The molecule has 0 aliphatic carbocycles. The number of nitrogens with one attached hydrogen (secondary N) is 1. The molecule has 2 saturated heterocycles. The molecule has 2 aromatic rings. The van der Waals surface area contributed by atoms with E-state index in [0.717, 1.165) is 25.2 Å². The van der Waals surface area contributed by atoms with Crippen molar-refractivity contribution in [3.8, 4) is 0 Å². The second kappa shape index (κ2) is 6.94. The van der Waals surface area contributed by atoms with Gasteiger partial charge in [-0.15, -0.1) is 0 Å². The van der Waals surface area contributed by atoms with Crippen LogP contribution in [-0.4, -0.2) is 54.5 Å². The van der Waals surface area contributed by atoms with Crippen LogP contribution in [0.15, 0.2) is 53.8 Å². The number of hydrogen-bond donors (Lipinski definition) is 1. The molecule has 0 bridgehead atoms. The molecule has 0 amide bonds. The summed E-state index contributed by atoms with van der Waals surface area (Å²) in [5.41, 5.74) is -0.346. The first-order valence-corrected chi connectivity index (χ1v) is 10.2. The first-order valence-electron chi connectivity index (χ1n) is 8.79. The summed E-state index contributed by atoms with van der Waals surface area (Å²) in [6.45, 7) is 2.31. The number of rotatable bonds is 6. The third-order valence-electron chi connectivity index (χ3n) is 5.22. The number of pyridine rings is 2. The standard InChI is InChI=1S/C18H22N4O3S/c23-26(24,16-4-3-8-19-12-16)22-13-18(14-22)15(7-11-25-18)6-10-21-17-5-1-2-9-20-17/h1-5,8-9,12,15H,6-7,10-11,13-14H2,(H,20,21). The van der Waals surface area contributed by atoms with Crippen LogP contribution < -0.4 is 5.32 Å². The summed E-state index contributed by atoms with van der Waals surface area (Å²) in [5.74, 6) is 1.20. The van der Waals surface area contributed by atoms with Gasteiger partial charge in [0.1, 0.15) is 10.7 Å². The first-order chi connectivity index (χ1) is 12.6. The summed E-state index contributed by atoms with van der Waals surface area (Å²) in [5, 5.41) is 3.32. The van der Waals surface area contributed by atoms with Gasteiger partial charge in [0.05, 0.1) is 5.60 Å². The van der Waals surface area contributed by atoms with Crippen molar-refractivity contribution in [1.82, 2.24) is 14.3 Å². The molecule has 0 saturated carbocycles. The molecule has 2 aliphatic rings. The van der Waals surface area contributed by atoms with Crippen molar-refractivity contribution >= 4 is 15.8 Å². The lowest BCUT2D eigenvalue weighted by atomic mass is 9.80. The molecule has 4 heterocycles. The van der Waals surface area contributed by atoms with Gasteiger partial charge in [0.2, 0.25) is 10.0 Å². The Bertz CT molecular complexity index is 839. The number of sulfonamides is 1. The minimum atomic E-state index is -3.49. The third kappa shape index (κ3) is 3.20. The molecular weight excluding hydrogens is 352 g/mol. The van der Waals surface area contributed by atoms with E-state index in [1.165, 1.54) is 10.5 Å². The molecule has 0 aromatic carbocycles. The first kappa shape index (κ1) is 17.4. The van der Waals surface area contributed by atoms with Crippen LogP contribution in [0.4, 0.5) is 5.82 Å². The lowest BCUT2D eigenvalue weighted by Crippen LogP contribution is -2.66. The van der Waals surface area contributed by atoms with Crippen molar-refractivity contribution in [2.24, 2.45) is 5.92 Å². The number of anilines is 1. The molecule has 7 nitrogen and oxygen atoms in total. The van der Waals surface area contributed by atoms with Crippen molar-refractivity contribution in [2.75, 3.05) is 31.6 Å². The van der Waals surface area contributed by atoms with Crippen LogP contribution in [0.2, 0.25) is 0 Å². The van der Waals surface area contributed by atoms with Crippen molar-refractivity contribution in [2.45, 2.75) is 23.3 Å². The largest absolute Gasteiger partial charge is 0.372 e. The molecule has 4 rings (SSSR count). The number of ether oxygens (including phenoxy) is 1. The summed E-state index contributed by atoms with van der Waals surface area (Å²) in [4.78, 5) is 8.41. The highest BCUT2D eigenvalue weighted by molar-refractivity contribution is 7.89. The molecule has 1 spiro atoms. The van der Waals surface area contributed by atoms with Gasteiger partial charge in [0.15, 0.2) is 0 Å². The van der Waals surface area contributed by atoms with Gasteiger partial charge in [0.25, 0.3) is 0 Å². The normalized spacial score (nSPS) is 22.2. The van der Waals surface area contributed by atoms with Crippen LogP contribution >= 0.6 is 0 Å². The van der Waals surface area contributed by atoms with Crippen LogP contribution in [0.25, 0.3) is 0 Å². The zero-order valence-corrected chi connectivity index (χ0v) is 15.2. The molecule has 2 aliphatic heterocycles. The lowest BCUT2D eigenvalue weighted by molar-refractivity contribution is -0.102. The maximum absolute atomic E-state index is 12.7. The second-order valence-corrected chi connectivity index (χ2v) is 8.73. The highest BCUT2D eigenvalue weighted by Crippen LogP contribution is 2.43. The van der Waals surface area contributed by atoms with E-state index in [1.54, 1.807) is 24.5 Å². The third-order valence-corrected chi connectivity index (χ3v) is 7.00. The predicted octanol–water partition coefficient (Wildman–Crippen LogP) is 1.76. The Morgan fingerprint density at radius 2 is 2.12 bits per heavy atom. The van der Waals surface area contributed by atoms with Gasteiger partial charge in [-0.1, -0.05) is 6.07 Å². The summed E-state index contributed by atoms with van der Waals surface area (Å²) in [7, 11) is -3.49. The quantitative estimate of drug-likeness (QED) is 0.829. The van der Waals surface area contributed by atoms with Crippen LogP contribution in [0.1, 0.15) is 12.8 Å². The molecule has 2 aromatic heterocycles. The molecule has 1 N–H and O–H groups in total. The molecule has 1 atom stereocenters. The van der Waals surface area contributed by atoms with Crippen LogP contribution in [0.3, 0.4) is 0 Å². The maximum atomic E-state index is 12.7. The molecule has 8 heteroatoms. The van der Waals surface area contributed by atoms with E-state index in [0.29, 0.717) is 25.6 Å². The van der Waals surface area contributed by atoms with Gasteiger partial charge in [-0.2, -0.15) is 4.31 Å². The topological polar surface area (TPSA) is 84.4 Å². The van der Waals surface area contributed by atoms with Gasteiger partial charge in [-0.3, -0.25) is 4.98 Å². The zero-order valence-electron chi connectivity index (χ0n) is 14.4. The highest BCUT2D eigenvalue weighted by Gasteiger charge is 2.56. The van der Waals surface area contributed by atoms with Gasteiger partial charge < -0.3 is 10.1 Å². The molecule has 138 valence electrons. The summed E-state index contributed by atoms with van der Waals surface area (Å²) in [6, 6.07) is 8.99. The van der Waals surface area contributed by atoms with E-state index in [9.17, 15) is 8.42 Å². The highest BCUT2D eigenvalue weighted by atomic mass is 32.2. The Balaban J connectivity index is 1.36. The van der Waals surface area contributed by atoms with Crippen molar-refractivity contribution < 1.29 is 13.2 Å². The zero-order chi connectivity index (χ0) is 18.0. The summed E-state index contributed by atoms with van der Waals surface area (Å²) in [6.07, 6.45) is 6.61. The Morgan fingerprint density at radius 1 is 1.23 bits per heavy atom. The maximum Gasteiger partial charge on any atom is 0.244 e. The number of nitrogens with zero attached hydrogens (tertiary/aromatic N) is 3. The molecule has 1 unspecified atom stereocenters. The fourth-order valence-corrected chi connectivity index (χ4v) is 5.27. The SMILES string of the molecule is O=S(=O)(c1cccnc1)N1CC2(C1)OCCC2CCNc1ccccn1. The summed E-state index contributed by atoms with van der Waals surface area (Å²) < 4.78 is 32.8.